The van der Waals surface area contributed by atoms with Crippen LogP contribution in [0.5, 0.6) is 0 Å². The van der Waals surface area contributed by atoms with E-state index in [-0.39, 0.29) is 42.4 Å². The molecule has 0 atom stereocenters. The quantitative estimate of drug-likeness (QED) is 0.624. The Kier molecular flexibility index (Phi) is 5.24. The van der Waals surface area contributed by atoms with Gasteiger partial charge in [0.15, 0.2) is 0 Å². The van der Waals surface area contributed by atoms with E-state index in [1.54, 1.807) is 0 Å². The topological polar surface area (TPSA) is 104 Å². The van der Waals surface area contributed by atoms with E-state index in [9.17, 15) is 12.8 Å². The molecule has 1 aromatic carbocycles. The lowest BCUT2D eigenvalue weighted by Crippen LogP contribution is -2.36. The molecule has 6 nitrogen and oxygen atoms in total. The van der Waals surface area contributed by atoms with E-state index in [1.807, 2.05) is 0 Å². The van der Waals surface area contributed by atoms with E-state index in [1.165, 1.54) is 6.92 Å². The van der Waals surface area contributed by atoms with Gasteiger partial charge in [-0.3, -0.25) is 0 Å². The summed E-state index contributed by atoms with van der Waals surface area (Å²) >= 11 is 0. The standard InChI is InChI=1S/C11H17FN2O4S/c1-8-6-9(12)10(13)7-11(8)19(17,18)14(2-4-15)3-5-16/h6-7,15-16H,2-5,13H2,1H3. The molecule has 0 aliphatic carbocycles. The van der Waals surface area contributed by atoms with E-state index in [0.717, 1.165) is 16.4 Å². The lowest BCUT2D eigenvalue weighted by Gasteiger charge is -2.21. The largest absolute Gasteiger partial charge is 0.396 e. The SMILES string of the molecule is Cc1cc(F)c(N)cc1S(=O)(=O)N(CCO)CCO. The first kappa shape index (κ1) is 15.8. The third-order valence-electron chi connectivity index (χ3n) is 2.61. The van der Waals surface area contributed by atoms with Gasteiger partial charge in [-0.05, 0) is 24.6 Å². The summed E-state index contributed by atoms with van der Waals surface area (Å²) in [6.45, 7) is 0.384. The van der Waals surface area contributed by atoms with Gasteiger partial charge >= 0.3 is 0 Å². The number of aryl methyl sites for hydroxylation is 1. The van der Waals surface area contributed by atoms with Gasteiger partial charge in [-0.15, -0.1) is 0 Å². The zero-order valence-electron chi connectivity index (χ0n) is 10.5. The van der Waals surface area contributed by atoms with Crippen molar-refractivity contribution in [3.8, 4) is 0 Å². The van der Waals surface area contributed by atoms with Crippen molar-refractivity contribution in [2.75, 3.05) is 32.0 Å². The molecule has 0 heterocycles. The highest BCUT2D eigenvalue weighted by atomic mass is 32.2. The van der Waals surface area contributed by atoms with Crippen LogP contribution in [-0.4, -0.2) is 49.2 Å². The average Bonchev–Trinajstić information content (AvgIpc) is 2.33. The van der Waals surface area contributed by atoms with Crippen molar-refractivity contribution >= 4 is 15.7 Å². The van der Waals surface area contributed by atoms with Gasteiger partial charge in [0.1, 0.15) is 5.82 Å². The van der Waals surface area contributed by atoms with E-state index in [4.69, 9.17) is 15.9 Å². The second kappa shape index (κ2) is 6.29. The summed E-state index contributed by atoms with van der Waals surface area (Å²) < 4.78 is 38.8. The molecule has 19 heavy (non-hydrogen) atoms. The average molecular weight is 292 g/mol. The molecule has 0 saturated carbocycles. The number of benzene rings is 1. The van der Waals surface area contributed by atoms with Crippen LogP contribution < -0.4 is 5.73 Å². The molecule has 0 fully saturated rings. The molecule has 0 spiro atoms. The van der Waals surface area contributed by atoms with E-state index < -0.39 is 15.8 Å². The Balaban J connectivity index is 3.28. The molecule has 0 radical (unpaired) electrons. The van der Waals surface area contributed by atoms with Crippen LogP contribution in [0.25, 0.3) is 0 Å². The maximum Gasteiger partial charge on any atom is 0.243 e. The maximum atomic E-state index is 13.2. The first-order valence-corrected chi connectivity index (χ1v) is 7.06. The lowest BCUT2D eigenvalue weighted by molar-refractivity contribution is 0.217. The maximum absolute atomic E-state index is 13.2. The van der Waals surface area contributed by atoms with Gasteiger partial charge in [0.05, 0.1) is 23.8 Å². The number of hydrogen-bond donors (Lipinski definition) is 3. The first-order chi connectivity index (χ1) is 8.84. The summed E-state index contributed by atoms with van der Waals surface area (Å²) in [5.41, 5.74) is 5.33. The van der Waals surface area contributed by atoms with Gasteiger partial charge in [0, 0.05) is 13.1 Å². The molecule has 0 saturated heterocycles. The highest BCUT2D eigenvalue weighted by Crippen LogP contribution is 2.24. The summed E-state index contributed by atoms with van der Waals surface area (Å²) in [6, 6.07) is 2.08. The molecule has 108 valence electrons. The number of nitrogens with two attached hydrogens (primary N) is 1. The molecule has 0 bridgehead atoms. The minimum Gasteiger partial charge on any atom is -0.396 e. The van der Waals surface area contributed by atoms with Crippen molar-refractivity contribution in [2.45, 2.75) is 11.8 Å². The number of halogens is 1. The smallest absolute Gasteiger partial charge is 0.243 e. The minimum atomic E-state index is -3.93. The molecule has 0 aromatic heterocycles. The molecule has 4 N–H and O–H groups in total. The van der Waals surface area contributed by atoms with Crippen LogP contribution in [0, 0.1) is 12.7 Å². The molecule has 0 unspecified atom stereocenters. The Bertz CT molecular complexity index is 542. The second-order valence-corrected chi connectivity index (χ2v) is 5.90. The van der Waals surface area contributed by atoms with Gasteiger partial charge in [0.2, 0.25) is 10.0 Å². The Morgan fingerprint density at radius 1 is 1.26 bits per heavy atom. The van der Waals surface area contributed by atoms with E-state index in [2.05, 4.69) is 0 Å². The summed E-state index contributed by atoms with van der Waals surface area (Å²) in [6.07, 6.45) is 0. The molecular formula is C11H17FN2O4S. The van der Waals surface area contributed by atoms with Crippen LogP contribution in [0.15, 0.2) is 17.0 Å². The van der Waals surface area contributed by atoms with Crippen molar-refractivity contribution in [3.05, 3.63) is 23.5 Å². The van der Waals surface area contributed by atoms with Gasteiger partial charge in [-0.1, -0.05) is 0 Å². The highest BCUT2D eigenvalue weighted by Gasteiger charge is 2.26. The molecule has 1 aromatic rings. The fourth-order valence-electron chi connectivity index (χ4n) is 1.66. The number of rotatable bonds is 6. The molecule has 8 heteroatoms. The van der Waals surface area contributed by atoms with Crippen molar-refractivity contribution < 1.29 is 23.0 Å². The van der Waals surface area contributed by atoms with Gasteiger partial charge in [-0.25, -0.2) is 12.8 Å². The minimum absolute atomic E-state index is 0.131. The first-order valence-electron chi connectivity index (χ1n) is 5.62. The second-order valence-electron chi connectivity index (χ2n) is 3.99. The van der Waals surface area contributed by atoms with Crippen LogP contribution in [-0.2, 0) is 10.0 Å². The summed E-state index contributed by atoms with van der Waals surface area (Å²) in [5, 5.41) is 17.7. The fourth-order valence-corrected chi connectivity index (χ4v) is 3.32. The van der Waals surface area contributed by atoms with Gasteiger partial charge < -0.3 is 15.9 Å². The number of aliphatic hydroxyl groups is 2. The molecular weight excluding hydrogens is 275 g/mol. The Morgan fingerprint density at radius 3 is 2.26 bits per heavy atom. The molecule has 0 amide bonds. The number of sulfonamides is 1. The third kappa shape index (κ3) is 3.41. The number of hydrogen-bond acceptors (Lipinski definition) is 5. The predicted octanol–water partition coefficient (Wildman–Crippen LogP) is -0.308. The molecule has 0 aliphatic rings. The lowest BCUT2D eigenvalue weighted by atomic mass is 10.2. The van der Waals surface area contributed by atoms with Crippen LogP contribution in [0.2, 0.25) is 0 Å². The summed E-state index contributed by atoms with van der Waals surface area (Å²) in [5.74, 6) is -0.688. The zero-order valence-corrected chi connectivity index (χ0v) is 11.3. The van der Waals surface area contributed by atoms with E-state index >= 15 is 0 Å². The van der Waals surface area contributed by atoms with E-state index in [0.29, 0.717) is 0 Å². The van der Waals surface area contributed by atoms with Crippen molar-refractivity contribution in [3.63, 3.8) is 0 Å². The van der Waals surface area contributed by atoms with Crippen molar-refractivity contribution in [1.82, 2.24) is 4.31 Å². The number of anilines is 1. The zero-order chi connectivity index (χ0) is 14.6. The van der Waals surface area contributed by atoms with Gasteiger partial charge in [0.25, 0.3) is 0 Å². The van der Waals surface area contributed by atoms with Crippen molar-refractivity contribution in [1.29, 1.82) is 0 Å². The summed E-state index contributed by atoms with van der Waals surface area (Å²) in [4.78, 5) is -0.131. The Morgan fingerprint density at radius 2 is 1.79 bits per heavy atom. The molecule has 0 aliphatic heterocycles. The van der Waals surface area contributed by atoms with Gasteiger partial charge in [-0.2, -0.15) is 4.31 Å². The predicted molar refractivity (Wildman–Crippen MR) is 68.5 cm³/mol. The van der Waals surface area contributed by atoms with Crippen LogP contribution in [0.4, 0.5) is 10.1 Å². The normalized spacial score (nSPS) is 12.1. The fraction of sp³-hybridized carbons (Fsp3) is 0.455. The van der Waals surface area contributed by atoms with Crippen molar-refractivity contribution in [2.24, 2.45) is 0 Å². The third-order valence-corrected chi connectivity index (χ3v) is 4.65. The Labute approximate surface area is 111 Å². The number of aliphatic hydroxyl groups excluding tert-OH is 2. The highest BCUT2D eigenvalue weighted by molar-refractivity contribution is 7.89. The van der Waals surface area contributed by atoms with Crippen LogP contribution >= 0.6 is 0 Å². The number of nitrogens with zero attached hydrogens (tertiary/aromatic N) is 1. The number of nitrogen functional groups attached to an aromatic ring is 1. The monoisotopic (exact) mass is 292 g/mol. The van der Waals surface area contributed by atoms with Crippen LogP contribution in [0.3, 0.4) is 0 Å². The molecule has 1 rings (SSSR count). The summed E-state index contributed by atoms with van der Waals surface area (Å²) in [7, 11) is -3.93. The van der Waals surface area contributed by atoms with Crippen LogP contribution in [0.1, 0.15) is 5.56 Å². The Hall–Kier alpha value is -1.22.